The average Bonchev–Trinajstić information content (AvgIpc) is 2.84. The van der Waals surface area contributed by atoms with Crippen LogP contribution in [0.5, 0.6) is 0 Å². The molecule has 12 nitrogen and oxygen atoms in total. The Morgan fingerprint density at radius 2 is 1.47 bits per heavy atom. The van der Waals surface area contributed by atoms with Crippen LogP contribution in [0.3, 0.4) is 0 Å². The van der Waals surface area contributed by atoms with Crippen LogP contribution in [-0.4, -0.2) is 75.0 Å². The highest BCUT2D eigenvalue weighted by Gasteiger charge is 2.42. The molecule has 188 valence electrons. The van der Waals surface area contributed by atoms with Crippen molar-refractivity contribution in [1.29, 1.82) is 0 Å². The summed E-state index contributed by atoms with van der Waals surface area (Å²) in [4.78, 5) is 60.5. The summed E-state index contributed by atoms with van der Waals surface area (Å²) >= 11 is 0. The molecular formula is C22H30N2O10. The molecule has 0 aliphatic rings. The second-order valence-corrected chi connectivity index (χ2v) is 7.25. The highest BCUT2D eigenvalue weighted by atomic mass is 16.6. The smallest absolute Gasteiger partial charge is 0.407 e. The first-order chi connectivity index (χ1) is 16.1. The summed E-state index contributed by atoms with van der Waals surface area (Å²) in [6, 6.07) is 7.53. The third-order valence-electron chi connectivity index (χ3n) is 4.85. The van der Waals surface area contributed by atoms with Crippen molar-refractivity contribution >= 4 is 29.9 Å². The molecule has 0 aliphatic heterocycles. The van der Waals surface area contributed by atoms with Crippen LogP contribution in [0.15, 0.2) is 30.3 Å². The Balaban J connectivity index is 2.66. The van der Waals surface area contributed by atoms with Gasteiger partial charge in [0.25, 0.3) is 0 Å². The van der Waals surface area contributed by atoms with Gasteiger partial charge in [0.15, 0.2) is 5.92 Å². The summed E-state index contributed by atoms with van der Waals surface area (Å²) < 4.78 is 18.9. The first-order valence-corrected chi connectivity index (χ1v) is 10.3. The van der Waals surface area contributed by atoms with Crippen molar-refractivity contribution in [1.82, 2.24) is 10.6 Å². The molecule has 2 amide bonds. The third kappa shape index (κ3) is 9.06. The van der Waals surface area contributed by atoms with E-state index in [1.54, 1.807) is 24.3 Å². The van der Waals surface area contributed by atoms with Crippen LogP contribution in [0, 0.1) is 11.8 Å². The molecule has 0 aliphatic carbocycles. The number of carbonyl (C=O) groups excluding carboxylic acids is 5. The second kappa shape index (κ2) is 14.5. The molecule has 1 rings (SSSR count). The maximum Gasteiger partial charge on any atom is 0.407 e. The van der Waals surface area contributed by atoms with E-state index in [9.17, 15) is 29.1 Å². The minimum absolute atomic E-state index is 0.0313. The predicted molar refractivity (Wildman–Crippen MR) is 116 cm³/mol. The lowest BCUT2D eigenvalue weighted by Gasteiger charge is -2.27. The van der Waals surface area contributed by atoms with Crippen LogP contribution < -0.4 is 10.6 Å². The van der Waals surface area contributed by atoms with Crippen LogP contribution in [-0.2, 0) is 44.7 Å². The van der Waals surface area contributed by atoms with Gasteiger partial charge >= 0.3 is 24.0 Å². The predicted octanol–water partition coefficient (Wildman–Crippen LogP) is -0.0801. The van der Waals surface area contributed by atoms with Gasteiger partial charge in [-0.15, -0.1) is 0 Å². The van der Waals surface area contributed by atoms with Crippen LogP contribution in [0.1, 0.15) is 18.9 Å². The van der Waals surface area contributed by atoms with Gasteiger partial charge < -0.3 is 34.7 Å². The van der Waals surface area contributed by atoms with Crippen LogP contribution in [0.4, 0.5) is 4.79 Å². The summed E-state index contributed by atoms with van der Waals surface area (Å²) in [7, 11) is 3.19. The molecule has 1 aromatic carbocycles. The zero-order valence-corrected chi connectivity index (χ0v) is 19.4. The van der Waals surface area contributed by atoms with Crippen molar-refractivity contribution in [2.24, 2.45) is 11.8 Å². The monoisotopic (exact) mass is 482 g/mol. The Bertz CT molecular complexity index is 829. The van der Waals surface area contributed by atoms with E-state index in [2.05, 4.69) is 24.8 Å². The normalized spacial score (nSPS) is 13.1. The van der Waals surface area contributed by atoms with Crippen molar-refractivity contribution in [3.63, 3.8) is 0 Å². The van der Waals surface area contributed by atoms with Crippen molar-refractivity contribution < 1.29 is 48.0 Å². The molecule has 0 bridgehead atoms. The van der Waals surface area contributed by atoms with Crippen molar-refractivity contribution in [2.45, 2.75) is 32.1 Å². The molecule has 3 atom stereocenters. The topological polar surface area (TPSA) is 167 Å². The quantitative estimate of drug-likeness (QED) is 0.208. The SMILES string of the molecule is COC(=O)C(C(=O)OC)[C@H](C)[C@@H](NC(=O)C[C@@H](O)CNC(=O)OCc1ccccc1)C(=O)OC. The highest BCUT2D eigenvalue weighted by Crippen LogP contribution is 2.20. The summed E-state index contributed by atoms with van der Waals surface area (Å²) in [5, 5.41) is 14.7. The number of aliphatic hydroxyl groups excluding tert-OH is 1. The maximum absolute atomic E-state index is 12.4. The number of ether oxygens (including phenoxy) is 4. The Morgan fingerprint density at radius 3 is 2.00 bits per heavy atom. The molecule has 0 heterocycles. The van der Waals surface area contributed by atoms with Gasteiger partial charge in [-0.25, -0.2) is 9.59 Å². The molecule has 0 aromatic heterocycles. The molecule has 0 radical (unpaired) electrons. The fourth-order valence-electron chi connectivity index (χ4n) is 3.00. The number of alkyl carbamates (subject to hydrolysis) is 1. The zero-order chi connectivity index (χ0) is 25.7. The number of aliphatic hydroxyl groups is 1. The number of hydrogen-bond acceptors (Lipinski definition) is 10. The fraction of sp³-hybridized carbons (Fsp3) is 0.500. The maximum atomic E-state index is 12.4. The molecule has 1 aromatic rings. The van der Waals surface area contributed by atoms with Gasteiger partial charge in [0, 0.05) is 12.5 Å². The lowest BCUT2D eigenvalue weighted by atomic mass is 9.87. The zero-order valence-electron chi connectivity index (χ0n) is 19.4. The lowest BCUT2D eigenvalue weighted by Crippen LogP contribution is -2.51. The third-order valence-corrected chi connectivity index (χ3v) is 4.85. The number of amides is 2. The molecule has 0 saturated carbocycles. The summed E-state index contributed by atoms with van der Waals surface area (Å²) in [5.41, 5.74) is 0.776. The van der Waals surface area contributed by atoms with Gasteiger partial charge in [-0.3, -0.25) is 14.4 Å². The van der Waals surface area contributed by atoms with E-state index in [0.29, 0.717) is 0 Å². The largest absolute Gasteiger partial charge is 0.468 e. The molecule has 34 heavy (non-hydrogen) atoms. The average molecular weight is 482 g/mol. The summed E-state index contributed by atoms with van der Waals surface area (Å²) in [5.74, 6) is -6.23. The van der Waals surface area contributed by atoms with Gasteiger partial charge in [-0.2, -0.15) is 0 Å². The van der Waals surface area contributed by atoms with E-state index >= 15 is 0 Å². The standard InChI is InChI=1S/C22H30N2O10/c1-13(17(19(27)31-2)20(28)32-3)18(21(29)33-4)24-16(26)10-15(25)11-23-22(30)34-12-14-8-6-5-7-9-14/h5-9,13,15,17-18,25H,10-12H2,1-4H3,(H,23,30)(H,24,26)/t13-,15+,18+/m0/s1. The fourth-order valence-corrected chi connectivity index (χ4v) is 3.00. The molecule has 0 spiro atoms. The summed E-state index contributed by atoms with van der Waals surface area (Å²) in [6.07, 6.45) is -2.60. The number of nitrogens with one attached hydrogen (secondary N) is 2. The van der Waals surface area contributed by atoms with E-state index < -0.39 is 60.3 Å². The molecule has 0 saturated heterocycles. The van der Waals surface area contributed by atoms with E-state index in [4.69, 9.17) is 4.74 Å². The Labute approximate surface area is 196 Å². The highest BCUT2D eigenvalue weighted by molar-refractivity contribution is 5.96. The molecule has 12 heteroatoms. The van der Waals surface area contributed by atoms with Gasteiger partial charge in [0.2, 0.25) is 5.91 Å². The van der Waals surface area contributed by atoms with E-state index in [0.717, 1.165) is 26.9 Å². The van der Waals surface area contributed by atoms with Crippen molar-refractivity contribution in [2.75, 3.05) is 27.9 Å². The molecule has 0 fully saturated rings. The first-order valence-electron chi connectivity index (χ1n) is 10.3. The number of rotatable bonds is 12. The number of benzene rings is 1. The van der Waals surface area contributed by atoms with Gasteiger partial charge in [-0.1, -0.05) is 37.3 Å². The number of esters is 3. The number of hydrogen-bond donors (Lipinski definition) is 3. The van der Waals surface area contributed by atoms with E-state index in [1.807, 2.05) is 6.07 Å². The van der Waals surface area contributed by atoms with Crippen LogP contribution in [0.2, 0.25) is 0 Å². The lowest BCUT2D eigenvalue weighted by molar-refractivity contribution is -0.163. The van der Waals surface area contributed by atoms with Gasteiger partial charge in [0.1, 0.15) is 12.6 Å². The summed E-state index contributed by atoms with van der Waals surface area (Å²) in [6.45, 7) is 1.09. The van der Waals surface area contributed by atoms with E-state index in [1.165, 1.54) is 6.92 Å². The number of methoxy groups -OCH3 is 3. The van der Waals surface area contributed by atoms with E-state index in [-0.39, 0.29) is 13.2 Å². The molecule has 3 N–H and O–H groups in total. The van der Waals surface area contributed by atoms with Gasteiger partial charge in [-0.05, 0) is 5.56 Å². The molecule has 0 unspecified atom stereocenters. The van der Waals surface area contributed by atoms with Crippen molar-refractivity contribution in [3.8, 4) is 0 Å². The first kappa shape index (κ1) is 28.4. The Hall–Kier alpha value is -3.67. The van der Waals surface area contributed by atoms with Crippen molar-refractivity contribution in [3.05, 3.63) is 35.9 Å². The minimum Gasteiger partial charge on any atom is -0.468 e. The Morgan fingerprint density at radius 1 is 0.912 bits per heavy atom. The van der Waals surface area contributed by atoms with Crippen LogP contribution in [0.25, 0.3) is 0 Å². The van der Waals surface area contributed by atoms with Crippen LogP contribution >= 0.6 is 0 Å². The Kier molecular flexibility index (Phi) is 12.1. The van der Waals surface area contributed by atoms with Gasteiger partial charge in [0.05, 0.1) is 33.9 Å². The second-order valence-electron chi connectivity index (χ2n) is 7.25. The molecular weight excluding hydrogens is 452 g/mol. The minimum atomic E-state index is -1.51. The number of carbonyl (C=O) groups is 5.